The lowest BCUT2D eigenvalue weighted by molar-refractivity contribution is -0.660. The molecule has 0 atom stereocenters. The molecule has 182 valence electrons. The maximum atomic E-state index is 8.24. The van der Waals surface area contributed by atoms with Gasteiger partial charge in [-0.1, -0.05) is 76.2 Å². The summed E-state index contributed by atoms with van der Waals surface area (Å²) in [7, 11) is 1.92. The average Bonchev–Trinajstić information content (AvgIpc) is 3.25. The van der Waals surface area contributed by atoms with Gasteiger partial charge in [-0.2, -0.15) is 0 Å². The molecular formula is C34H36NO+. The Labute approximate surface area is 218 Å². The number of nitrogens with zero attached hydrogens (tertiary/aromatic N) is 1. The van der Waals surface area contributed by atoms with Crippen molar-refractivity contribution in [1.82, 2.24) is 0 Å². The van der Waals surface area contributed by atoms with E-state index in [1.807, 2.05) is 48.0 Å². The van der Waals surface area contributed by atoms with Gasteiger partial charge in [-0.05, 0) is 71.3 Å². The van der Waals surface area contributed by atoms with Crippen molar-refractivity contribution in [1.29, 1.82) is 0 Å². The summed E-state index contributed by atoms with van der Waals surface area (Å²) in [5.74, 6) is 0. The van der Waals surface area contributed by atoms with E-state index < -0.39 is 6.85 Å². The summed E-state index contributed by atoms with van der Waals surface area (Å²) in [6.07, 6.45) is 4.05. The molecule has 0 bridgehead atoms. The number of aryl methyl sites for hydroxylation is 3. The summed E-state index contributed by atoms with van der Waals surface area (Å²) in [5.41, 5.74) is 9.69. The van der Waals surface area contributed by atoms with Gasteiger partial charge < -0.3 is 4.42 Å². The van der Waals surface area contributed by atoms with Gasteiger partial charge in [0, 0.05) is 26.5 Å². The number of hydrogen-bond donors (Lipinski definition) is 0. The third-order valence-electron chi connectivity index (χ3n) is 8.41. The Hall–Kier alpha value is -3.39. The van der Waals surface area contributed by atoms with E-state index in [9.17, 15) is 0 Å². The molecule has 0 N–H and O–H groups in total. The summed E-state index contributed by atoms with van der Waals surface area (Å²) in [4.78, 5) is 0. The molecule has 2 nitrogen and oxygen atoms in total. The van der Waals surface area contributed by atoms with Crippen LogP contribution < -0.4 is 4.57 Å². The predicted molar refractivity (Wildman–Crippen MR) is 151 cm³/mol. The minimum atomic E-state index is -2.24. The van der Waals surface area contributed by atoms with E-state index in [1.54, 1.807) is 6.20 Å². The minimum absolute atomic E-state index is 0.0404. The highest BCUT2D eigenvalue weighted by Gasteiger charge is 2.39. The van der Waals surface area contributed by atoms with E-state index in [0.29, 0.717) is 5.56 Å². The summed E-state index contributed by atoms with van der Waals surface area (Å²) in [6, 6.07) is 20.6. The quantitative estimate of drug-likeness (QED) is 0.232. The van der Waals surface area contributed by atoms with Crippen LogP contribution >= 0.6 is 0 Å². The number of furan rings is 1. The van der Waals surface area contributed by atoms with Crippen molar-refractivity contribution < 1.29 is 13.1 Å². The number of aromatic nitrogens is 1. The van der Waals surface area contributed by atoms with Crippen molar-refractivity contribution in [3.8, 4) is 22.4 Å². The lowest BCUT2D eigenvalue weighted by atomic mass is 9.62. The Kier molecular flexibility index (Phi) is 4.28. The van der Waals surface area contributed by atoms with Gasteiger partial charge in [-0.25, -0.2) is 4.57 Å². The average molecular weight is 478 g/mol. The molecule has 0 unspecified atom stereocenters. The maximum absolute atomic E-state index is 8.24. The molecule has 0 saturated heterocycles. The van der Waals surface area contributed by atoms with Crippen LogP contribution in [0, 0.1) is 13.8 Å². The zero-order valence-electron chi connectivity index (χ0n) is 25.1. The summed E-state index contributed by atoms with van der Waals surface area (Å²) >= 11 is 0. The molecule has 0 radical (unpaired) electrons. The molecule has 5 aromatic rings. The van der Waals surface area contributed by atoms with Gasteiger partial charge in [0.15, 0.2) is 6.20 Å². The summed E-state index contributed by atoms with van der Waals surface area (Å²) in [6.45, 7) is 9.27. The first-order valence-corrected chi connectivity index (χ1v) is 12.9. The number of benzene rings is 3. The molecular weight excluding hydrogens is 438 g/mol. The normalized spacial score (nSPS) is 18.0. The molecule has 6 rings (SSSR count). The Morgan fingerprint density at radius 2 is 1.64 bits per heavy atom. The summed E-state index contributed by atoms with van der Waals surface area (Å²) < 4.78 is 33.4. The van der Waals surface area contributed by atoms with Crippen LogP contribution in [0.15, 0.2) is 71.3 Å². The molecule has 2 aromatic heterocycles. The lowest BCUT2D eigenvalue weighted by Crippen LogP contribution is -2.33. The van der Waals surface area contributed by atoms with Crippen molar-refractivity contribution in [2.24, 2.45) is 7.05 Å². The van der Waals surface area contributed by atoms with E-state index in [4.69, 9.17) is 8.53 Å². The molecule has 36 heavy (non-hydrogen) atoms. The van der Waals surface area contributed by atoms with E-state index >= 15 is 0 Å². The molecule has 3 aromatic carbocycles. The predicted octanol–water partition coefficient (Wildman–Crippen LogP) is 8.71. The Bertz CT molecular complexity index is 1760. The zero-order chi connectivity index (χ0) is 27.9. The first-order chi connectivity index (χ1) is 18.3. The molecule has 0 amide bonds. The second-order valence-corrected chi connectivity index (χ2v) is 11.8. The third-order valence-corrected chi connectivity index (χ3v) is 8.41. The standard InChI is InChI=1S/C34H36NO/c1-21-13-14-24-30-28(16-15-26-31(30)34(5,6)18-17-33(26,3)4)36-32(24)29(21)27-19-25(22(2)20-35(27)7)23-11-9-8-10-12-23/h8-16,19-20H,17-18H2,1-7H3/q+1/i2D3. The van der Waals surface area contributed by atoms with Crippen molar-refractivity contribution in [2.75, 3.05) is 0 Å². The third kappa shape index (κ3) is 3.34. The largest absolute Gasteiger partial charge is 0.455 e. The molecule has 1 aliphatic carbocycles. The number of rotatable bonds is 2. The fourth-order valence-electron chi connectivity index (χ4n) is 6.25. The van der Waals surface area contributed by atoms with Crippen LogP contribution in [0.5, 0.6) is 0 Å². The van der Waals surface area contributed by atoms with Crippen LogP contribution in [0.25, 0.3) is 44.3 Å². The van der Waals surface area contributed by atoms with Crippen molar-refractivity contribution >= 4 is 21.9 Å². The Balaban J connectivity index is 1.70. The van der Waals surface area contributed by atoms with Gasteiger partial charge in [0.05, 0.1) is 5.56 Å². The van der Waals surface area contributed by atoms with Gasteiger partial charge in [0.25, 0.3) is 0 Å². The monoisotopic (exact) mass is 477 g/mol. The highest BCUT2D eigenvalue weighted by Crippen LogP contribution is 2.51. The van der Waals surface area contributed by atoms with E-state index in [-0.39, 0.29) is 10.8 Å². The molecule has 0 fully saturated rings. The summed E-state index contributed by atoms with van der Waals surface area (Å²) in [5, 5.41) is 2.33. The maximum Gasteiger partial charge on any atom is 0.216 e. The van der Waals surface area contributed by atoms with Crippen LogP contribution in [-0.4, -0.2) is 0 Å². The van der Waals surface area contributed by atoms with Crippen LogP contribution in [0.4, 0.5) is 0 Å². The van der Waals surface area contributed by atoms with Crippen LogP contribution in [0.3, 0.4) is 0 Å². The highest BCUT2D eigenvalue weighted by molar-refractivity contribution is 6.12. The first-order valence-electron chi connectivity index (χ1n) is 14.4. The molecule has 0 spiro atoms. The molecule has 1 aliphatic rings. The lowest BCUT2D eigenvalue weighted by Gasteiger charge is -2.42. The zero-order valence-corrected chi connectivity index (χ0v) is 22.1. The van der Waals surface area contributed by atoms with Gasteiger partial charge in [-0.15, -0.1) is 0 Å². The molecule has 0 aliphatic heterocycles. The molecule has 0 saturated carbocycles. The van der Waals surface area contributed by atoms with Crippen LogP contribution in [-0.2, 0) is 17.9 Å². The number of hydrogen-bond acceptors (Lipinski definition) is 1. The van der Waals surface area contributed by atoms with Crippen LogP contribution in [0.2, 0.25) is 0 Å². The first kappa shape index (κ1) is 19.8. The van der Waals surface area contributed by atoms with Gasteiger partial charge in [0.1, 0.15) is 18.2 Å². The van der Waals surface area contributed by atoms with Gasteiger partial charge in [0.2, 0.25) is 5.69 Å². The fraction of sp³-hybridized carbons (Fsp3) is 0.324. The van der Waals surface area contributed by atoms with Crippen molar-refractivity contribution in [2.45, 2.75) is 65.1 Å². The SMILES string of the molecule is [2H]C([2H])([2H])c1c[n+](C)c(-c2c(C)ccc3c2oc2ccc4c(c23)C(C)(C)CCC4(C)C)cc1-c1ccccc1. The van der Waals surface area contributed by atoms with E-state index in [0.717, 1.165) is 57.3 Å². The van der Waals surface area contributed by atoms with Crippen LogP contribution in [0.1, 0.15) is 66.9 Å². The van der Waals surface area contributed by atoms with Gasteiger partial charge >= 0.3 is 0 Å². The van der Waals surface area contributed by atoms with Crippen molar-refractivity contribution in [3.05, 3.63) is 89.1 Å². The molecule has 2 heterocycles. The molecule has 2 heteroatoms. The number of fused-ring (bicyclic) bond motifs is 5. The Morgan fingerprint density at radius 1 is 0.889 bits per heavy atom. The smallest absolute Gasteiger partial charge is 0.216 e. The van der Waals surface area contributed by atoms with E-state index in [2.05, 4.69) is 58.9 Å². The van der Waals surface area contributed by atoms with E-state index in [1.165, 1.54) is 16.5 Å². The second-order valence-electron chi connectivity index (χ2n) is 11.8. The van der Waals surface area contributed by atoms with Crippen molar-refractivity contribution in [3.63, 3.8) is 0 Å². The highest BCUT2D eigenvalue weighted by atomic mass is 16.3. The minimum Gasteiger partial charge on any atom is -0.455 e. The topological polar surface area (TPSA) is 17.0 Å². The fourth-order valence-corrected chi connectivity index (χ4v) is 6.25. The Morgan fingerprint density at radius 3 is 2.39 bits per heavy atom. The number of pyridine rings is 1. The van der Waals surface area contributed by atoms with Gasteiger partial charge in [-0.3, -0.25) is 0 Å². The second kappa shape index (κ2) is 7.80.